The summed E-state index contributed by atoms with van der Waals surface area (Å²) in [6.07, 6.45) is 0. The van der Waals surface area contributed by atoms with Gasteiger partial charge in [0.2, 0.25) is 4.96 Å². The Bertz CT molecular complexity index is 1020. The summed E-state index contributed by atoms with van der Waals surface area (Å²) in [5.41, 5.74) is 2.48. The summed E-state index contributed by atoms with van der Waals surface area (Å²) in [4.78, 5) is 17.3. The van der Waals surface area contributed by atoms with Crippen LogP contribution in [0.2, 0.25) is 0 Å². The van der Waals surface area contributed by atoms with Crippen molar-refractivity contribution >= 4 is 28.2 Å². The number of carbonyl (C=O) groups is 1. The van der Waals surface area contributed by atoms with Gasteiger partial charge in [-0.15, -0.1) is 16.4 Å². The Hall–Kier alpha value is -3.19. The van der Waals surface area contributed by atoms with Gasteiger partial charge in [-0.05, 0) is 36.4 Å². The van der Waals surface area contributed by atoms with Crippen LogP contribution in [0.1, 0.15) is 10.4 Å². The zero-order valence-corrected chi connectivity index (χ0v) is 14.2. The number of hydrogen-bond donors (Lipinski definition) is 1. The minimum absolute atomic E-state index is 0.232. The predicted octanol–water partition coefficient (Wildman–Crippen LogP) is 3.72. The van der Waals surface area contributed by atoms with E-state index in [9.17, 15) is 4.79 Å². The van der Waals surface area contributed by atoms with Gasteiger partial charge in [-0.1, -0.05) is 18.2 Å². The summed E-state index contributed by atoms with van der Waals surface area (Å²) in [5, 5.41) is 9.13. The van der Waals surface area contributed by atoms with Crippen molar-refractivity contribution in [3.63, 3.8) is 0 Å². The molecule has 1 amide bonds. The van der Waals surface area contributed by atoms with Crippen LogP contribution in [0.3, 0.4) is 0 Å². The van der Waals surface area contributed by atoms with Crippen LogP contribution in [0.25, 0.3) is 16.2 Å². The first kappa shape index (κ1) is 15.3. The summed E-state index contributed by atoms with van der Waals surface area (Å²) in [5.74, 6) is 0.852. The lowest BCUT2D eigenvalue weighted by molar-refractivity contribution is 0.102. The molecule has 2 aromatic carbocycles. The third-order valence-electron chi connectivity index (χ3n) is 3.73. The molecule has 0 aliphatic carbocycles. The minimum atomic E-state index is -0.232. The van der Waals surface area contributed by atoms with E-state index in [1.807, 2.05) is 47.8 Å². The Balaban J connectivity index is 1.63. The number of thiazole rings is 1. The maximum atomic E-state index is 12.2. The van der Waals surface area contributed by atoms with Crippen molar-refractivity contribution in [1.29, 1.82) is 0 Å². The van der Waals surface area contributed by atoms with Crippen molar-refractivity contribution in [3.8, 4) is 17.0 Å². The number of amides is 1. The van der Waals surface area contributed by atoms with Crippen LogP contribution in [0.5, 0.6) is 5.75 Å². The van der Waals surface area contributed by atoms with Gasteiger partial charge in [0.15, 0.2) is 0 Å². The molecule has 6 nitrogen and oxygen atoms in total. The Labute approximate surface area is 147 Å². The Morgan fingerprint density at radius 2 is 1.88 bits per heavy atom. The molecule has 0 aliphatic rings. The van der Waals surface area contributed by atoms with Crippen molar-refractivity contribution in [3.05, 3.63) is 65.5 Å². The first-order chi connectivity index (χ1) is 12.2. The number of rotatable bonds is 4. The van der Waals surface area contributed by atoms with Crippen LogP contribution in [0, 0.1) is 0 Å². The average molecular weight is 350 g/mol. The number of benzene rings is 2. The molecule has 0 fully saturated rings. The second-order valence-corrected chi connectivity index (χ2v) is 6.14. The molecule has 7 heteroatoms. The van der Waals surface area contributed by atoms with E-state index >= 15 is 0 Å². The van der Waals surface area contributed by atoms with E-state index in [2.05, 4.69) is 15.4 Å². The molecule has 0 radical (unpaired) electrons. The first-order valence-corrected chi connectivity index (χ1v) is 8.47. The van der Waals surface area contributed by atoms with Crippen LogP contribution in [-0.2, 0) is 0 Å². The van der Waals surface area contributed by atoms with Crippen LogP contribution >= 0.6 is 11.3 Å². The second-order valence-electron chi connectivity index (χ2n) is 5.30. The largest absolute Gasteiger partial charge is 0.497 e. The summed E-state index contributed by atoms with van der Waals surface area (Å²) in [6, 6.07) is 16.7. The number of fused-ring (bicyclic) bond motifs is 1. The van der Waals surface area contributed by atoms with Crippen molar-refractivity contribution in [2.45, 2.75) is 0 Å². The lowest BCUT2D eigenvalue weighted by atomic mass is 10.2. The van der Waals surface area contributed by atoms with Gasteiger partial charge < -0.3 is 4.74 Å². The van der Waals surface area contributed by atoms with E-state index in [-0.39, 0.29) is 11.9 Å². The number of ether oxygens (including phenoxy) is 1. The normalized spacial score (nSPS) is 10.8. The average Bonchev–Trinajstić information content (AvgIpc) is 3.22. The third-order valence-corrected chi connectivity index (χ3v) is 4.54. The molecule has 4 aromatic rings. The summed E-state index contributed by atoms with van der Waals surface area (Å²) < 4.78 is 6.91. The minimum Gasteiger partial charge on any atom is -0.497 e. The van der Waals surface area contributed by atoms with Gasteiger partial charge in [0.25, 0.3) is 11.9 Å². The number of carbonyl (C=O) groups excluding carboxylic acids is 1. The highest BCUT2D eigenvalue weighted by atomic mass is 32.1. The molecule has 0 aliphatic heterocycles. The van der Waals surface area contributed by atoms with E-state index in [0.29, 0.717) is 10.5 Å². The molecule has 25 heavy (non-hydrogen) atoms. The maximum Gasteiger partial charge on any atom is 0.258 e. The molecule has 4 rings (SSSR count). The molecule has 0 saturated heterocycles. The van der Waals surface area contributed by atoms with E-state index in [1.54, 1.807) is 23.8 Å². The van der Waals surface area contributed by atoms with Crippen LogP contribution in [0.4, 0.5) is 5.95 Å². The molecule has 0 bridgehead atoms. The fourth-order valence-electron chi connectivity index (χ4n) is 2.46. The molecule has 1 N–H and O–H groups in total. The highest BCUT2D eigenvalue weighted by Crippen LogP contribution is 2.27. The fraction of sp³-hybridized carbons (Fsp3) is 0.0556. The Kier molecular flexibility index (Phi) is 3.91. The highest BCUT2D eigenvalue weighted by molar-refractivity contribution is 7.15. The highest BCUT2D eigenvalue weighted by Gasteiger charge is 2.14. The van der Waals surface area contributed by atoms with Gasteiger partial charge in [-0.2, -0.15) is 4.98 Å². The molecular formula is C18H14N4O2S. The Morgan fingerprint density at radius 1 is 1.12 bits per heavy atom. The van der Waals surface area contributed by atoms with Crippen molar-refractivity contribution in [2.75, 3.05) is 12.4 Å². The molecule has 0 unspecified atom stereocenters. The standard InChI is InChI=1S/C18H14N4O2S/c1-24-14-9-7-12(8-10-14)15-11-25-18-20-17(21-22(15)18)19-16(23)13-5-3-2-4-6-13/h2-11H,1H3,(H,19,21,23). The van der Waals surface area contributed by atoms with E-state index < -0.39 is 0 Å². The predicted molar refractivity (Wildman–Crippen MR) is 97.2 cm³/mol. The van der Waals surface area contributed by atoms with Gasteiger partial charge in [-0.3, -0.25) is 10.1 Å². The zero-order valence-electron chi connectivity index (χ0n) is 13.3. The molecule has 0 saturated carbocycles. The lowest BCUT2D eigenvalue weighted by Crippen LogP contribution is -2.12. The van der Waals surface area contributed by atoms with Crippen molar-refractivity contribution in [2.24, 2.45) is 0 Å². The molecule has 2 heterocycles. The van der Waals surface area contributed by atoms with E-state index in [1.165, 1.54) is 11.3 Å². The van der Waals surface area contributed by atoms with E-state index in [0.717, 1.165) is 17.0 Å². The molecule has 2 aromatic heterocycles. The number of aromatic nitrogens is 3. The monoisotopic (exact) mass is 350 g/mol. The topological polar surface area (TPSA) is 68.5 Å². The number of nitrogens with zero attached hydrogens (tertiary/aromatic N) is 3. The number of anilines is 1. The van der Waals surface area contributed by atoms with Gasteiger partial charge in [0.1, 0.15) is 5.75 Å². The van der Waals surface area contributed by atoms with Crippen molar-refractivity contribution in [1.82, 2.24) is 14.6 Å². The van der Waals surface area contributed by atoms with E-state index in [4.69, 9.17) is 4.74 Å². The smallest absolute Gasteiger partial charge is 0.258 e. The lowest BCUT2D eigenvalue weighted by Gasteiger charge is -2.02. The third kappa shape index (κ3) is 2.97. The first-order valence-electron chi connectivity index (χ1n) is 7.60. The van der Waals surface area contributed by atoms with Crippen molar-refractivity contribution < 1.29 is 9.53 Å². The number of methoxy groups -OCH3 is 1. The quantitative estimate of drug-likeness (QED) is 0.609. The van der Waals surface area contributed by atoms with Gasteiger partial charge in [0, 0.05) is 16.5 Å². The Morgan fingerprint density at radius 3 is 2.60 bits per heavy atom. The van der Waals surface area contributed by atoms with Crippen LogP contribution in [-0.4, -0.2) is 27.6 Å². The van der Waals surface area contributed by atoms with Crippen LogP contribution < -0.4 is 10.1 Å². The maximum absolute atomic E-state index is 12.2. The number of nitrogens with one attached hydrogen (secondary N) is 1. The van der Waals surface area contributed by atoms with Gasteiger partial charge in [-0.25, -0.2) is 4.52 Å². The number of hydrogen-bond acceptors (Lipinski definition) is 5. The van der Waals surface area contributed by atoms with Gasteiger partial charge >= 0.3 is 0 Å². The summed E-state index contributed by atoms with van der Waals surface area (Å²) in [7, 11) is 1.64. The molecule has 124 valence electrons. The SMILES string of the molecule is COc1ccc(-c2csc3nc(NC(=O)c4ccccc4)nn23)cc1. The molecule has 0 atom stereocenters. The fourth-order valence-corrected chi connectivity index (χ4v) is 3.29. The van der Waals surface area contributed by atoms with Gasteiger partial charge in [0.05, 0.1) is 12.8 Å². The zero-order chi connectivity index (χ0) is 17.2. The summed E-state index contributed by atoms with van der Waals surface area (Å²) >= 11 is 1.47. The molecular weight excluding hydrogens is 336 g/mol. The summed E-state index contributed by atoms with van der Waals surface area (Å²) in [6.45, 7) is 0. The second kappa shape index (κ2) is 6.37. The van der Waals surface area contributed by atoms with Crippen LogP contribution in [0.15, 0.2) is 60.0 Å². The molecule has 0 spiro atoms.